The largest absolute Gasteiger partial charge is 0.476 e. The lowest BCUT2D eigenvalue weighted by Crippen LogP contribution is -2.16. The molecule has 8 heteroatoms. The van der Waals surface area contributed by atoms with E-state index in [1.807, 2.05) is 6.07 Å². The summed E-state index contributed by atoms with van der Waals surface area (Å²) in [6.07, 6.45) is 0. The first-order valence-corrected chi connectivity index (χ1v) is 7.76. The molecule has 0 aliphatic carbocycles. The minimum absolute atomic E-state index is 0.0501. The molecule has 0 aliphatic heterocycles. The van der Waals surface area contributed by atoms with Crippen molar-refractivity contribution < 1.29 is 14.7 Å². The Morgan fingerprint density at radius 1 is 1.12 bits per heavy atom. The predicted octanol–water partition coefficient (Wildman–Crippen LogP) is 3.35. The van der Waals surface area contributed by atoms with Crippen LogP contribution in [-0.4, -0.2) is 26.8 Å². The number of carboxylic acids is 1. The number of halogens is 1. The summed E-state index contributed by atoms with van der Waals surface area (Å²) >= 11 is 5.86. The Bertz CT molecular complexity index is 1020. The second-order valence-electron chi connectivity index (χ2n) is 5.25. The topological polar surface area (TPSA) is 108 Å². The van der Waals surface area contributed by atoms with Crippen LogP contribution in [0.4, 0.5) is 5.69 Å². The molecule has 0 fully saturated rings. The second kappa shape index (κ2) is 7.09. The molecule has 2 aromatic carbocycles. The zero-order valence-corrected chi connectivity index (χ0v) is 13.9. The van der Waals surface area contributed by atoms with Crippen LogP contribution >= 0.6 is 11.6 Å². The average molecular weight is 367 g/mol. The number of aromatic carboxylic acids is 1. The number of carbonyl (C=O) groups is 2. The van der Waals surface area contributed by atoms with Crippen LogP contribution in [0.25, 0.3) is 5.69 Å². The summed E-state index contributed by atoms with van der Waals surface area (Å²) in [6.45, 7) is 0. The van der Waals surface area contributed by atoms with Gasteiger partial charge < -0.3 is 10.4 Å². The van der Waals surface area contributed by atoms with E-state index in [1.54, 1.807) is 48.5 Å². The number of nitrogens with zero attached hydrogens (tertiary/aromatic N) is 3. The molecule has 1 amide bonds. The first-order valence-electron chi connectivity index (χ1n) is 7.39. The molecule has 128 valence electrons. The number of amides is 1. The van der Waals surface area contributed by atoms with Crippen LogP contribution in [0, 0.1) is 11.3 Å². The smallest absolute Gasteiger partial charge is 0.356 e. The van der Waals surface area contributed by atoms with Crippen molar-refractivity contribution in [3.8, 4) is 11.8 Å². The SMILES string of the molecule is N#Cc1ccc(NC(=O)c2cc(C(=O)O)nn2-c2ccc(Cl)cc2)cc1. The Hall–Kier alpha value is -3.63. The lowest BCUT2D eigenvalue weighted by molar-refractivity contribution is 0.0690. The quantitative estimate of drug-likeness (QED) is 0.736. The fraction of sp³-hybridized carbons (Fsp3) is 0. The molecule has 0 spiro atoms. The van der Waals surface area contributed by atoms with E-state index in [4.69, 9.17) is 16.9 Å². The van der Waals surface area contributed by atoms with E-state index in [2.05, 4.69) is 10.4 Å². The van der Waals surface area contributed by atoms with Gasteiger partial charge in [-0.1, -0.05) is 11.6 Å². The van der Waals surface area contributed by atoms with Gasteiger partial charge in [0.1, 0.15) is 5.69 Å². The molecule has 2 N–H and O–H groups in total. The standard InChI is InChI=1S/C18H11ClN4O3/c19-12-3-7-14(8-4-12)23-16(9-15(22-23)18(25)26)17(24)21-13-5-1-11(10-20)2-6-13/h1-9H,(H,21,24)(H,25,26). The monoisotopic (exact) mass is 366 g/mol. The molecule has 0 bridgehead atoms. The summed E-state index contributed by atoms with van der Waals surface area (Å²) in [5.41, 5.74) is 1.21. The van der Waals surface area contributed by atoms with Crippen molar-refractivity contribution in [1.29, 1.82) is 5.26 Å². The lowest BCUT2D eigenvalue weighted by Gasteiger charge is -2.08. The van der Waals surface area contributed by atoms with E-state index < -0.39 is 11.9 Å². The highest BCUT2D eigenvalue weighted by molar-refractivity contribution is 6.30. The van der Waals surface area contributed by atoms with Gasteiger partial charge in [0.25, 0.3) is 5.91 Å². The first-order chi connectivity index (χ1) is 12.5. The summed E-state index contributed by atoms with van der Waals surface area (Å²) in [6, 6.07) is 15.9. The third kappa shape index (κ3) is 3.55. The third-order valence-electron chi connectivity index (χ3n) is 3.50. The number of aromatic nitrogens is 2. The van der Waals surface area contributed by atoms with Crippen molar-refractivity contribution in [1.82, 2.24) is 9.78 Å². The third-order valence-corrected chi connectivity index (χ3v) is 3.76. The highest BCUT2D eigenvalue weighted by atomic mass is 35.5. The second-order valence-corrected chi connectivity index (χ2v) is 5.69. The number of carboxylic acid groups (broad SMARTS) is 1. The van der Waals surface area contributed by atoms with Crippen molar-refractivity contribution >= 4 is 29.2 Å². The predicted molar refractivity (Wildman–Crippen MR) is 94.6 cm³/mol. The maximum absolute atomic E-state index is 12.6. The number of carbonyl (C=O) groups excluding carboxylic acids is 1. The van der Waals surface area contributed by atoms with E-state index in [1.165, 1.54) is 10.7 Å². The Morgan fingerprint density at radius 2 is 1.77 bits per heavy atom. The minimum atomic E-state index is -1.25. The molecule has 0 radical (unpaired) electrons. The van der Waals surface area contributed by atoms with Gasteiger partial charge in [0, 0.05) is 16.8 Å². The number of hydrogen-bond donors (Lipinski definition) is 2. The zero-order valence-electron chi connectivity index (χ0n) is 13.2. The highest BCUT2D eigenvalue weighted by Gasteiger charge is 2.20. The summed E-state index contributed by atoms with van der Waals surface area (Å²) in [4.78, 5) is 23.9. The Labute approximate surface area is 153 Å². The molecule has 1 aromatic heterocycles. The van der Waals surface area contributed by atoms with Gasteiger partial charge in [-0.25, -0.2) is 9.48 Å². The van der Waals surface area contributed by atoms with Crippen LogP contribution in [0.1, 0.15) is 26.5 Å². The van der Waals surface area contributed by atoms with Crippen molar-refractivity contribution in [2.45, 2.75) is 0 Å². The molecule has 7 nitrogen and oxygen atoms in total. The minimum Gasteiger partial charge on any atom is -0.476 e. The molecule has 0 atom stereocenters. The van der Waals surface area contributed by atoms with Crippen molar-refractivity contribution in [3.05, 3.63) is 76.6 Å². The van der Waals surface area contributed by atoms with Crippen molar-refractivity contribution in [2.24, 2.45) is 0 Å². The molecule has 0 aliphatic rings. The molecule has 1 heterocycles. The van der Waals surface area contributed by atoms with Gasteiger partial charge in [-0.05, 0) is 48.5 Å². The van der Waals surface area contributed by atoms with Crippen LogP contribution in [0.2, 0.25) is 5.02 Å². The van der Waals surface area contributed by atoms with Crippen LogP contribution in [0.15, 0.2) is 54.6 Å². The van der Waals surface area contributed by atoms with Gasteiger partial charge in [-0.2, -0.15) is 10.4 Å². The number of nitriles is 1. The molecule has 3 rings (SSSR count). The van der Waals surface area contributed by atoms with Gasteiger partial charge in [-0.3, -0.25) is 4.79 Å². The van der Waals surface area contributed by atoms with Crippen LogP contribution in [0.3, 0.4) is 0 Å². The Morgan fingerprint density at radius 3 is 2.35 bits per heavy atom. The summed E-state index contributed by atoms with van der Waals surface area (Å²) in [7, 11) is 0. The number of benzene rings is 2. The molecule has 26 heavy (non-hydrogen) atoms. The molecule has 0 saturated carbocycles. The highest BCUT2D eigenvalue weighted by Crippen LogP contribution is 2.18. The van der Waals surface area contributed by atoms with Crippen LogP contribution in [0.5, 0.6) is 0 Å². The number of nitrogens with one attached hydrogen (secondary N) is 1. The fourth-order valence-corrected chi connectivity index (χ4v) is 2.38. The Kier molecular flexibility index (Phi) is 4.69. The molecule has 0 saturated heterocycles. The summed E-state index contributed by atoms with van der Waals surface area (Å²) in [5, 5.41) is 25.1. The lowest BCUT2D eigenvalue weighted by atomic mass is 10.2. The van der Waals surface area contributed by atoms with E-state index >= 15 is 0 Å². The van der Waals surface area contributed by atoms with Gasteiger partial charge in [-0.15, -0.1) is 0 Å². The first kappa shape index (κ1) is 17.2. The summed E-state index contributed by atoms with van der Waals surface area (Å²) < 4.78 is 1.23. The molecular weight excluding hydrogens is 356 g/mol. The maximum atomic E-state index is 12.6. The number of anilines is 1. The van der Waals surface area contributed by atoms with Gasteiger partial charge in [0.15, 0.2) is 5.69 Å². The van der Waals surface area contributed by atoms with Crippen LogP contribution in [-0.2, 0) is 0 Å². The average Bonchev–Trinajstić information content (AvgIpc) is 3.09. The fourth-order valence-electron chi connectivity index (χ4n) is 2.25. The van der Waals surface area contributed by atoms with E-state index in [9.17, 15) is 14.7 Å². The van der Waals surface area contributed by atoms with E-state index in [0.29, 0.717) is 22.0 Å². The Balaban J connectivity index is 1.96. The van der Waals surface area contributed by atoms with E-state index in [0.717, 1.165) is 0 Å². The van der Waals surface area contributed by atoms with Crippen molar-refractivity contribution in [3.63, 3.8) is 0 Å². The molecular formula is C18H11ClN4O3. The van der Waals surface area contributed by atoms with E-state index in [-0.39, 0.29) is 11.4 Å². The summed E-state index contributed by atoms with van der Waals surface area (Å²) in [5.74, 6) is -1.78. The number of hydrogen-bond acceptors (Lipinski definition) is 4. The zero-order chi connectivity index (χ0) is 18.7. The molecule has 3 aromatic rings. The van der Waals surface area contributed by atoms with Crippen molar-refractivity contribution in [2.75, 3.05) is 5.32 Å². The normalized spacial score (nSPS) is 10.2. The van der Waals surface area contributed by atoms with Gasteiger partial charge in [0.05, 0.1) is 17.3 Å². The van der Waals surface area contributed by atoms with Crippen LogP contribution < -0.4 is 5.32 Å². The van der Waals surface area contributed by atoms with Gasteiger partial charge >= 0.3 is 5.97 Å². The maximum Gasteiger partial charge on any atom is 0.356 e. The number of rotatable bonds is 4. The van der Waals surface area contributed by atoms with Gasteiger partial charge in [0.2, 0.25) is 0 Å². The molecule has 0 unspecified atom stereocenters.